The summed E-state index contributed by atoms with van der Waals surface area (Å²) >= 11 is 0. The summed E-state index contributed by atoms with van der Waals surface area (Å²) in [5.74, 6) is -0.0996. The summed E-state index contributed by atoms with van der Waals surface area (Å²) in [5, 5.41) is 0. The maximum atomic E-state index is 11.9. The molecule has 0 fully saturated rings. The number of methoxy groups -OCH3 is 2. The lowest BCUT2D eigenvalue weighted by atomic mass is 9.97. The number of esters is 1. The fourth-order valence-corrected chi connectivity index (χ4v) is 2.04. The average Bonchev–Trinajstić information content (AvgIpc) is 2.44. The van der Waals surface area contributed by atoms with E-state index in [9.17, 15) is 4.79 Å². The first kappa shape index (κ1) is 20.4. The third-order valence-electron chi connectivity index (χ3n) is 3.58. The van der Waals surface area contributed by atoms with Crippen molar-refractivity contribution in [3.05, 3.63) is 0 Å². The van der Waals surface area contributed by atoms with Gasteiger partial charge in [-0.05, 0) is 52.9 Å². The van der Waals surface area contributed by atoms with Crippen molar-refractivity contribution < 1.29 is 19.0 Å². The molecule has 21 heavy (non-hydrogen) atoms. The zero-order chi connectivity index (χ0) is 16.3. The number of carbonyl (C=O) groups is 1. The van der Waals surface area contributed by atoms with Gasteiger partial charge in [0.25, 0.3) is 0 Å². The first-order chi connectivity index (χ1) is 9.85. The van der Waals surface area contributed by atoms with Crippen LogP contribution < -0.4 is 0 Å². The molecule has 4 heteroatoms. The van der Waals surface area contributed by atoms with Crippen LogP contribution in [0.1, 0.15) is 72.6 Å². The molecule has 0 aliphatic rings. The molecule has 0 heterocycles. The molecule has 1 unspecified atom stereocenters. The van der Waals surface area contributed by atoms with Crippen LogP contribution in [-0.4, -0.2) is 32.6 Å². The van der Waals surface area contributed by atoms with Crippen molar-refractivity contribution in [1.29, 1.82) is 0 Å². The quantitative estimate of drug-likeness (QED) is 0.324. The number of rotatable bonds is 11. The molecule has 0 spiro atoms. The minimum atomic E-state index is -0.414. The summed E-state index contributed by atoms with van der Waals surface area (Å²) in [6.07, 6.45) is 7.27. The SMILES string of the molecule is CCC(CCCCCCC(OC)OC)OC(=O)C(C)(C)C. The third-order valence-corrected chi connectivity index (χ3v) is 3.58. The van der Waals surface area contributed by atoms with Crippen LogP contribution in [0.25, 0.3) is 0 Å². The molecule has 0 aromatic carbocycles. The van der Waals surface area contributed by atoms with Crippen molar-refractivity contribution >= 4 is 5.97 Å². The van der Waals surface area contributed by atoms with Gasteiger partial charge in [0.05, 0.1) is 5.41 Å². The van der Waals surface area contributed by atoms with Crippen LogP contribution in [0, 0.1) is 5.41 Å². The van der Waals surface area contributed by atoms with Crippen molar-refractivity contribution in [3.63, 3.8) is 0 Å². The Balaban J connectivity index is 3.76. The summed E-state index contributed by atoms with van der Waals surface area (Å²) in [4.78, 5) is 11.9. The standard InChI is InChI=1S/C17H34O4/c1-7-14(21-16(18)17(2,3)4)12-10-8-9-11-13-15(19-5)20-6/h14-15H,7-13H2,1-6H3. The van der Waals surface area contributed by atoms with Crippen molar-refractivity contribution in [3.8, 4) is 0 Å². The van der Waals surface area contributed by atoms with E-state index in [1.54, 1.807) is 14.2 Å². The fraction of sp³-hybridized carbons (Fsp3) is 0.941. The van der Waals surface area contributed by atoms with Crippen molar-refractivity contribution in [2.24, 2.45) is 5.41 Å². The van der Waals surface area contributed by atoms with Gasteiger partial charge in [-0.25, -0.2) is 0 Å². The minimum Gasteiger partial charge on any atom is -0.462 e. The van der Waals surface area contributed by atoms with Crippen LogP contribution in [0.2, 0.25) is 0 Å². The second-order valence-electron chi connectivity index (χ2n) is 6.58. The first-order valence-corrected chi connectivity index (χ1v) is 8.11. The Morgan fingerprint density at radius 1 is 0.952 bits per heavy atom. The van der Waals surface area contributed by atoms with Crippen LogP contribution in [-0.2, 0) is 19.0 Å². The highest BCUT2D eigenvalue weighted by molar-refractivity contribution is 5.75. The highest BCUT2D eigenvalue weighted by atomic mass is 16.7. The van der Waals surface area contributed by atoms with E-state index in [1.165, 1.54) is 0 Å². The second kappa shape index (κ2) is 11.0. The summed E-state index contributed by atoms with van der Waals surface area (Å²) in [5.41, 5.74) is -0.414. The third kappa shape index (κ3) is 9.86. The van der Waals surface area contributed by atoms with Crippen molar-refractivity contribution in [2.75, 3.05) is 14.2 Å². The highest BCUT2D eigenvalue weighted by Crippen LogP contribution is 2.20. The Morgan fingerprint density at radius 3 is 1.90 bits per heavy atom. The molecular formula is C17H34O4. The number of hydrogen-bond acceptors (Lipinski definition) is 4. The van der Waals surface area contributed by atoms with Gasteiger partial charge in [-0.15, -0.1) is 0 Å². The Kier molecular flexibility index (Phi) is 10.7. The Morgan fingerprint density at radius 2 is 1.48 bits per heavy atom. The summed E-state index contributed by atoms with van der Waals surface area (Å²) in [6.45, 7) is 7.75. The summed E-state index contributed by atoms with van der Waals surface area (Å²) in [6, 6.07) is 0. The molecule has 126 valence electrons. The normalized spacial score (nSPS) is 13.5. The van der Waals surface area contributed by atoms with E-state index in [1.807, 2.05) is 20.8 Å². The minimum absolute atomic E-state index is 0.0578. The molecule has 0 aliphatic heterocycles. The number of unbranched alkanes of at least 4 members (excludes halogenated alkanes) is 3. The van der Waals surface area contributed by atoms with Gasteiger partial charge in [-0.1, -0.05) is 19.8 Å². The number of ether oxygens (including phenoxy) is 3. The molecule has 4 nitrogen and oxygen atoms in total. The largest absolute Gasteiger partial charge is 0.462 e. The molecule has 0 amide bonds. The molecular weight excluding hydrogens is 268 g/mol. The molecule has 0 saturated heterocycles. The highest BCUT2D eigenvalue weighted by Gasteiger charge is 2.25. The van der Waals surface area contributed by atoms with Gasteiger partial charge >= 0.3 is 5.97 Å². The van der Waals surface area contributed by atoms with Crippen LogP contribution in [0.4, 0.5) is 0 Å². The van der Waals surface area contributed by atoms with Gasteiger partial charge in [-0.2, -0.15) is 0 Å². The molecule has 0 radical (unpaired) electrons. The van der Waals surface area contributed by atoms with Gasteiger partial charge < -0.3 is 14.2 Å². The van der Waals surface area contributed by atoms with E-state index in [0.717, 1.165) is 44.9 Å². The molecule has 0 rings (SSSR count). The predicted molar refractivity (Wildman–Crippen MR) is 85.1 cm³/mol. The van der Waals surface area contributed by atoms with E-state index >= 15 is 0 Å². The van der Waals surface area contributed by atoms with E-state index in [0.29, 0.717) is 0 Å². The molecule has 0 saturated carbocycles. The van der Waals surface area contributed by atoms with Crippen LogP contribution >= 0.6 is 0 Å². The lowest BCUT2D eigenvalue weighted by molar-refractivity contribution is -0.159. The lowest BCUT2D eigenvalue weighted by Gasteiger charge is -2.22. The zero-order valence-electron chi connectivity index (χ0n) is 14.7. The van der Waals surface area contributed by atoms with E-state index in [4.69, 9.17) is 14.2 Å². The topological polar surface area (TPSA) is 44.8 Å². The van der Waals surface area contributed by atoms with Gasteiger partial charge in [-0.3, -0.25) is 4.79 Å². The molecule has 0 bridgehead atoms. The number of carbonyl (C=O) groups excluding carboxylic acids is 1. The maximum Gasteiger partial charge on any atom is 0.311 e. The van der Waals surface area contributed by atoms with Gasteiger partial charge in [0.1, 0.15) is 6.10 Å². The van der Waals surface area contributed by atoms with E-state index < -0.39 is 5.41 Å². The van der Waals surface area contributed by atoms with Crippen molar-refractivity contribution in [1.82, 2.24) is 0 Å². The van der Waals surface area contributed by atoms with E-state index in [2.05, 4.69) is 6.92 Å². The molecule has 0 N–H and O–H groups in total. The molecule has 0 aromatic heterocycles. The molecule has 0 aromatic rings. The van der Waals surface area contributed by atoms with Crippen LogP contribution in [0.5, 0.6) is 0 Å². The second-order valence-corrected chi connectivity index (χ2v) is 6.58. The Bertz CT molecular complexity index is 266. The van der Waals surface area contributed by atoms with Crippen LogP contribution in [0.3, 0.4) is 0 Å². The molecule has 0 aliphatic carbocycles. The van der Waals surface area contributed by atoms with Crippen LogP contribution in [0.15, 0.2) is 0 Å². The Labute approximate surface area is 130 Å². The van der Waals surface area contributed by atoms with Crippen molar-refractivity contribution in [2.45, 2.75) is 85.0 Å². The lowest BCUT2D eigenvalue weighted by Crippen LogP contribution is -2.28. The first-order valence-electron chi connectivity index (χ1n) is 8.11. The average molecular weight is 302 g/mol. The summed E-state index contributed by atoms with van der Waals surface area (Å²) < 4.78 is 15.9. The van der Waals surface area contributed by atoms with Gasteiger partial charge in [0.15, 0.2) is 6.29 Å². The number of hydrogen-bond donors (Lipinski definition) is 0. The Hall–Kier alpha value is -0.610. The van der Waals surface area contributed by atoms with Gasteiger partial charge in [0, 0.05) is 14.2 Å². The smallest absolute Gasteiger partial charge is 0.311 e. The summed E-state index contributed by atoms with van der Waals surface area (Å²) in [7, 11) is 3.34. The van der Waals surface area contributed by atoms with Gasteiger partial charge in [0.2, 0.25) is 0 Å². The van der Waals surface area contributed by atoms with E-state index in [-0.39, 0.29) is 18.4 Å². The maximum absolute atomic E-state index is 11.9. The fourth-order valence-electron chi connectivity index (χ4n) is 2.04. The zero-order valence-corrected chi connectivity index (χ0v) is 14.7. The monoisotopic (exact) mass is 302 g/mol. The molecule has 1 atom stereocenters. The predicted octanol–water partition coefficient (Wildman–Crippen LogP) is 4.31.